The fraction of sp³-hybridized carbons (Fsp3) is 0.385. The lowest BCUT2D eigenvalue weighted by molar-refractivity contribution is -0.137. The maximum atomic E-state index is 13.0. The summed E-state index contributed by atoms with van der Waals surface area (Å²) in [5.41, 5.74) is -0.335. The lowest BCUT2D eigenvalue weighted by atomic mass is 10.1. The van der Waals surface area contributed by atoms with Crippen LogP contribution in [0, 0.1) is 17.5 Å². The number of ether oxygens (including phenoxy) is 1. The fourth-order valence-electron chi connectivity index (χ4n) is 1.91. The normalized spacial score (nSPS) is 15.6. The lowest BCUT2D eigenvalue weighted by Crippen LogP contribution is -2.44. The molecule has 0 spiro atoms. The van der Waals surface area contributed by atoms with Gasteiger partial charge in [0.25, 0.3) is 0 Å². The van der Waals surface area contributed by atoms with E-state index in [9.17, 15) is 22.8 Å². The van der Waals surface area contributed by atoms with E-state index in [0.29, 0.717) is 38.2 Å². The van der Waals surface area contributed by atoms with E-state index in [1.54, 1.807) is 0 Å². The molecule has 1 saturated heterocycles. The molecule has 2 rings (SSSR count). The molecule has 0 bridgehead atoms. The Labute approximate surface area is 118 Å². The zero-order valence-electron chi connectivity index (χ0n) is 10.9. The van der Waals surface area contributed by atoms with E-state index < -0.39 is 29.3 Å². The Hall–Kier alpha value is -2.09. The second-order valence-corrected chi connectivity index (χ2v) is 4.57. The SMILES string of the molecule is O=C(Nc1cc(F)c(F)c(F)c1)C(=O)NC1CCOCC1. The molecule has 1 aliphatic rings. The van der Waals surface area contributed by atoms with Crippen LogP contribution in [-0.2, 0) is 14.3 Å². The summed E-state index contributed by atoms with van der Waals surface area (Å²) in [6.07, 6.45) is 1.16. The number of amides is 2. The highest BCUT2D eigenvalue weighted by molar-refractivity contribution is 6.39. The largest absolute Gasteiger partial charge is 0.381 e. The molecule has 1 heterocycles. The summed E-state index contributed by atoms with van der Waals surface area (Å²) < 4.78 is 43.8. The van der Waals surface area contributed by atoms with E-state index in [-0.39, 0.29) is 11.7 Å². The molecule has 1 fully saturated rings. The zero-order valence-corrected chi connectivity index (χ0v) is 10.9. The van der Waals surface area contributed by atoms with Crippen LogP contribution in [-0.4, -0.2) is 31.1 Å². The minimum atomic E-state index is -1.64. The number of halogens is 3. The van der Waals surface area contributed by atoms with Crippen molar-refractivity contribution in [1.29, 1.82) is 0 Å². The molecule has 8 heteroatoms. The summed E-state index contributed by atoms with van der Waals surface area (Å²) >= 11 is 0. The molecule has 0 radical (unpaired) electrons. The molecule has 5 nitrogen and oxygen atoms in total. The van der Waals surface area contributed by atoms with Crippen LogP contribution in [0.5, 0.6) is 0 Å². The zero-order chi connectivity index (χ0) is 15.4. The van der Waals surface area contributed by atoms with Crippen molar-refractivity contribution in [3.8, 4) is 0 Å². The summed E-state index contributed by atoms with van der Waals surface area (Å²) in [4.78, 5) is 23.2. The molecule has 0 aromatic heterocycles. The van der Waals surface area contributed by atoms with Crippen molar-refractivity contribution < 1.29 is 27.5 Å². The number of benzene rings is 1. The summed E-state index contributed by atoms with van der Waals surface area (Å²) in [7, 11) is 0. The van der Waals surface area contributed by atoms with Crippen molar-refractivity contribution in [1.82, 2.24) is 5.32 Å². The van der Waals surface area contributed by atoms with Gasteiger partial charge in [-0.05, 0) is 12.8 Å². The van der Waals surface area contributed by atoms with E-state index in [1.807, 2.05) is 5.32 Å². The highest BCUT2D eigenvalue weighted by atomic mass is 19.2. The monoisotopic (exact) mass is 302 g/mol. The van der Waals surface area contributed by atoms with Crippen LogP contribution >= 0.6 is 0 Å². The van der Waals surface area contributed by atoms with Crippen LogP contribution in [0.2, 0.25) is 0 Å². The standard InChI is InChI=1S/C13H13F3N2O3/c14-9-5-8(6-10(15)11(9)16)18-13(20)12(19)17-7-1-3-21-4-2-7/h5-7H,1-4H2,(H,17,19)(H,18,20). The summed E-state index contributed by atoms with van der Waals surface area (Å²) in [6, 6.07) is 1.01. The van der Waals surface area contributed by atoms with Gasteiger partial charge in [-0.25, -0.2) is 13.2 Å². The van der Waals surface area contributed by atoms with Crippen LogP contribution in [0.25, 0.3) is 0 Å². The number of carbonyl (C=O) groups is 2. The molecular formula is C13H13F3N2O3. The van der Waals surface area contributed by atoms with Crippen LogP contribution in [0.4, 0.5) is 18.9 Å². The average Bonchev–Trinajstić information content (AvgIpc) is 2.45. The van der Waals surface area contributed by atoms with Crippen molar-refractivity contribution in [2.45, 2.75) is 18.9 Å². The Kier molecular flexibility index (Phi) is 4.79. The van der Waals surface area contributed by atoms with E-state index in [4.69, 9.17) is 4.74 Å². The van der Waals surface area contributed by atoms with Gasteiger partial charge in [-0.1, -0.05) is 0 Å². The molecular weight excluding hydrogens is 289 g/mol. The average molecular weight is 302 g/mol. The highest BCUT2D eigenvalue weighted by Crippen LogP contribution is 2.17. The molecule has 114 valence electrons. The van der Waals surface area contributed by atoms with E-state index >= 15 is 0 Å². The highest BCUT2D eigenvalue weighted by Gasteiger charge is 2.21. The Morgan fingerprint density at radius 1 is 1.05 bits per heavy atom. The maximum Gasteiger partial charge on any atom is 0.313 e. The quantitative estimate of drug-likeness (QED) is 0.640. The molecule has 1 aliphatic heterocycles. The predicted octanol–water partition coefficient (Wildman–Crippen LogP) is 1.34. The summed E-state index contributed by atoms with van der Waals surface area (Å²) in [5.74, 6) is -6.54. The predicted molar refractivity (Wildman–Crippen MR) is 66.9 cm³/mol. The van der Waals surface area contributed by atoms with Gasteiger partial charge in [0.2, 0.25) is 0 Å². The molecule has 0 aliphatic carbocycles. The topological polar surface area (TPSA) is 67.4 Å². The molecule has 2 N–H and O–H groups in total. The number of carbonyl (C=O) groups excluding carboxylic acids is 2. The first kappa shape index (κ1) is 15.3. The minimum Gasteiger partial charge on any atom is -0.381 e. The van der Waals surface area contributed by atoms with Gasteiger partial charge in [0.1, 0.15) is 0 Å². The number of anilines is 1. The van der Waals surface area contributed by atoms with Gasteiger partial charge >= 0.3 is 11.8 Å². The number of hydrogen-bond acceptors (Lipinski definition) is 3. The third-order valence-electron chi connectivity index (χ3n) is 3.00. The van der Waals surface area contributed by atoms with Gasteiger partial charge in [0.05, 0.1) is 0 Å². The van der Waals surface area contributed by atoms with Crippen molar-refractivity contribution >= 4 is 17.5 Å². The Morgan fingerprint density at radius 3 is 2.19 bits per heavy atom. The van der Waals surface area contributed by atoms with Gasteiger partial charge in [-0.2, -0.15) is 0 Å². The Morgan fingerprint density at radius 2 is 1.62 bits per heavy atom. The van der Waals surface area contributed by atoms with E-state index in [2.05, 4.69) is 5.32 Å². The molecule has 2 amide bonds. The number of hydrogen-bond donors (Lipinski definition) is 2. The van der Waals surface area contributed by atoms with Gasteiger partial charge in [-0.3, -0.25) is 9.59 Å². The van der Waals surface area contributed by atoms with Crippen molar-refractivity contribution in [2.75, 3.05) is 18.5 Å². The smallest absolute Gasteiger partial charge is 0.313 e. The first-order valence-corrected chi connectivity index (χ1v) is 6.31. The first-order chi connectivity index (χ1) is 9.97. The summed E-state index contributed by atoms with van der Waals surface area (Å²) in [5, 5.41) is 4.50. The minimum absolute atomic E-state index is 0.182. The van der Waals surface area contributed by atoms with Gasteiger partial charge in [-0.15, -0.1) is 0 Å². The van der Waals surface area contributed by atoms with Gasteiger partial charge in [0, 0.05) is 37.1 Å². The lowest BCUT2D eigenvalue weighted by Gasteiger charge is -2.22. The van der Waals surface area contributed by atoms with Crippen molar-refractivity contribution in [3.63, 3.8) is 0 Å². The van der Waals surface area contributed by atoms with Crippen LogP contribution < -0.4 is 10.6 Å². The first-order valence-electron chi connectivity index (χ1n) is 6.31. The van der Waals surface area contributed by atoms with Gasteiger partial charge in [0.15, 0.2) is 17.5 Å². The molecule has 0 unspecified atom stereocenters. The number of rotatable bonds is 2. The third-order valence-corrected chi connectivity index (χ3v) is 3.00. The molecule has 0 saturated carbocycles. The molecule has 1 aromatic carbocycles. The summed E-state index contributed by atoms with van der Waals surface area (Å²) in [6.45, 7) is 0.974. The van der Waals surface area contributed by atoms with Crippen molar-refractivity contribution in [3.05, 3.63) is 29.6 Å². The van der Waals surface area contributed by atoms with Crippen LogP contribution in [0.15, 0.2) is 12.1 Å². The second kappa shape index (κ2) is 6.57. The van der Waals surface area contributed by atoms with Crippen molar-refractivity contribution in [2.24, 2.45) is 0 Å². The van der Waals surface area contributed by atoms with E-state index in [0.717, 1.165) is 0 Å². The van der Waals surface area contributed by atoms with Crippen LogP contribution in [0.1, 0.15) is 12.8 Å². The van der Waals surface area contributed by atoms with Crippen LogP contribution in [0.3, 0.4) is 0 Å². The van der Waals surface area contributed by atoms with Gasteiger partial charge < -0.3 is 15.4 Å². The fourth-order valence-corrected chi connectivity index (χ4v) is 1.91. The number of nitrogens with one attached hydrogen (secondary N) is 2. The molecule has 1 aromatic rings. The molecule has 0 atom stereocenters. The maximum absolute atomic E-state index is 13.0. The molecule has 21 heavy (non-hydrogen) atoms. The third kappa shape index (κ3) is 3.94. The second-order valence-electron chi connectivity index (χ2n) is 4.57. The Balaban J connectivity index is 1.95. The van der Waals surface area contributed by atoms with E-state index in [1.165, 1.54) is 0 Å². The Bertz CT molecular complexity index is 537.